The third-order valence-electron chi connectivity index (χ3n) is 2.39. The summed E-state index contributed by atoms with van der Waals surface area (Å²) < 4.78 is 27.9. The third kappa shape index (κ3) is 4.49. The smallest absolute Gasteiger partial charge is 0.251 e. The van der Waals surface area contributed by atoms with Crippen molar-refractivity contribution in [3.05, 3.63) is 28.8 Å². The minimum Gasteiger partial charge on any atom is -0.383 e. The lowest BCUT2D eigenvalue weighted by molar-refractivity contribution is 0.0905. The monoisotopic (exact) mass is 305 g/mol. The molecular formula is C12H16ClNO4S. The van der Waals surface area contributed by atoms with Gasteiger partial charge in [-0.25, -0.2) is 8.42 Å². The first-order valence-corrected chi connectivity index (χ1v) is 7.82. The number of amides is 1. The van der Waals surface area contributed by atoms with Crippen molar-refractivity contribution in [1.29, 1.82) is 0 Å². The number of hydrogen-bond donors (Lipinski definition) is 1. The van der Waals surface area contributed by atoms with E-state index in [-0.39, 0.29) is 27.4 Å². The highest BCUT2D eigenvalue weighted by atomic mass is 35.5. The summed E-state index contributed by atoms with van der Waals surface area (Å²) in [7, 11) is -1.93. The molecule has 0 heterocycles. The number of carbonyl (C=O) groups excluding carboxylic acids is 1. The van der Waals surface area contributed by atoms with Crippen LogP contribution in [0.5, 0.6) is 0 Å². The first-order chi connectivity index (χ1) is 8.75. The van der Waals surface area contributed by atoms with Crippen LogP contribution in [0.1, 0.15) is 17.3 Å². The maximum absolute atomic E-state index is 11.9. The van der Waals surface area contributed by atoms with Crippen LogP contribution >= 0.6 is 11.6 Å². The quantitative estimate of drug-likeness (QED) is 0.895. The second kappa shape index (κ2) is 6.36. The topological polar surface area (TPSA) is 72.5 Å². The summed E-state index contributed by atoms with van der Waals surface area (Å²) in [6.07, 6.45) is 1.05. The number of carbonyl (C=O) groups is 1. The number of methoxy groups -OCH3 is 1. The van der Waals surface area contributed by atoms with Gasteiger partial charge in [0, 0.05) is 25.0 Å². The van der Waals surface area contributed by atoms with Crippen LogP contribution in [0, 0.1) is 0 Å². The number of sulfone groups is 1. The van der Waals surface area contributed by atoms with E-state index in [0.29, 0.717) is 6.61 Å². The van der Waals surface area contributed by atoms with Gasteiger partial charge in [0.05, 0.1) is 16.5 Å². The van der Waals surface area contributed by atoms with Gasteiger partial charge in [0.2, 0.25) is 0 Å². The highest BCUT2D eigenvalue weighted by Crippen LogP contribution is 2.22. The van der Waals surface area contributed by atoms with E-state index >= 15 is 0 Å². The van der Waals surface area contributed by atoms with Crippen LogP contribution in [0.15, 0.2) is 23.1 Å². The van der Waals surface area contributed by atoms with E-state index in [4.69, 9.17) is 16.3 Å². The SMILES string of the molecule is COC[C@@H](C)NC(=O)c1ccc(Cl)c(S(C)(=O)=O)c1. The van der Waals surface area contributed by atoms with Crippen LogP contribution in [-0.2, 0) is 14.6 Å². The fourth-order valence-electron chi connectivity index (χ4n) is 1.53. The molecule has 0 radical (unpaired) electrons. The Balaban J connectivity index is 3.00. The van der Waals surface area contributed by atoms with Crippen LogP contribution in [0.2, 0.25) is 5.02 Å². The molecule has 5 nitrogen and oxygen atoms in total. The van der Waals surface area contributed by atoms with Crippen molar-refractivity contribution < 1.29 is 17.9 Å². The fourth-order valence-corrected chi connectivity index (χ4v) is 2.83. The van der Waals surface area contributed by atoms with Crippen LogP contribution in [0.4, 0.5) is 0 Å². The number of ether oxygens (including phenoxy) is 1. The summed E-state index contributed by atoms with van der Waals surface area (Å²) in [5.41, 5.74) is 0.243. The van der Waals surface area contributed by atoms with E-state index in [1.165, 1.54) is 25.3 Å². The van der Waals surface area contributed by atoms with Crippen LogP contribution in [-0.4, -0.2) is 40.3 Å². The molecule has 0 spiro atoms. The van der Waals surface area contributed by atoms with E-state index in [1.807, 2.05) is 0 Å². The van der Waals surface area contributed by atoms with Gasteiger partial charge in [-0.1, -0.05) is 11.6 Å². The van der Waals surface area contributed by atoms with Gasteiger partial charge in [-0.3, -0.25) is 4.79 Å². The largest absolute Gasteiger partial charge is 0.383 e. The number of benzene rings is 1. The minimum atomic E-state index is -3.46. The molecular weight excluding hydrogens is 290 g/mol. The van der Waals surface area contributed by atoms with Crippen LogP contribution < -0.4 is 5.32 Å². The first-order valence-electron chi connectivity index (χ1n) is 5.55. The van der Waals surface area contributed by atoms with Gasteiger partial charge >= 0.3 is 0 Å². The zero-order valence-electron chi connectivity index (χ0n) is 10.9. The molecule has 0 aromatic heterocycles. The minimum absolute atomic E-state index is 0.0544. The average Bonchev–Trinajstić information content (AvgIpc) is 2.27. The second-order valence-corrected chi connectivity index (χ2v) is 6.64. The molecule has 1 aromatic rings. The Morgan fingerprint density at radius 3 is 2.63 bits per heavy atom. The molecule has 0 unspecified atom stereocenters. The molecule has 0 fully saturated rings. The van der Waals surface area contributed by atoms with Crippen molar-refractivity contribution >= 4 is 27.3 Å². The van der Waals surface area contributed by atoms with Crippen molar-refractivity contribution in [3.63, 3.8) is 0 Å². The molecule has 1 atom stereocenters. The lowest BCUT2D eigenvalue weighted by Gasteiger charge is -2.13. The number of hydrogen-bond acceptors (Lipinski definition) is 4. The molecule has 7 heteroatoms. The zero-order chi connectivity index (χ0) is 14.6. The molecule has 1 amide bonds. The van der Waals surface area contributed by atoms with Gasteiger partial charge < -0.3 is 10.1 Å². The predicted octanol–water partition coefficient (Wildman–Crippen LogP) is 1.51. The van der Waals surface area contributed by atoms with Gasteiger partial charge in [0.15, 0.2) is 9.84 Å². The van der Waals surface area contributed by atoms with E-state index in [0.717, 1.165) is 6.26 Å². The molecule has 106 valence electrons. The van der Waals surface area contributed by atoms with Crippen molar-refractivity contribution in [2.24, 2.45) is 0 Å². The van der Waals surface area contributed by atoms with Crippen LogP contribution in [0.3, 0.4) is 0 Å². The molecule has 0 aliphatic rings. The highest BCUT2D eigenvalue weighted by Gasteiger charge is 2.16. The fraction of sp³-hybridized carbons (Fsp3) is 0.417. The van der Waals surface area contributed by atoms with Gasteiger partial charge in [0.1, 0.15) is 0 Å². The van der Waals surface area contributed by atoms with E-state index in [9.17, 15) is 13.2 Å². The second-order valence-electron chi connectivity index (χ2n) is 4.25. The number of halogens is 1. The molecule has 1 rings (SSSR count). The maximum Gasteiger partial charge on any atom is 0.251 e. The summed E-state index contributed by atoms with van der Waals surface area (Å²) in [4.78, 5) is 11.9. The molecule has 0 bridgehead atoms. The molecule has 0 saturated carbocycles. The normalized spacial score (nSPS) is 13.1. The Morgan fingerprint density at radius 1 is 1.47 bits per heavy atom. The van der Waals surface area contributed by atoms with Gasteiger partial charge in [-0.05, 0) is 25.1 Å². The Hall–Kier alpha value is -1.11. The summed E-state index contributed by atoms with van der Waals surface area (Å²) in [5.74, 6) is -0.369. The Morgan fingerprint density at radius 2 is 2.11 bits per heavy atom. The molecule has 1 N–H and O–H groups in total. The first kappa shape index (κ1) is 15.9. The summed E-state index contributed by atoms with van der Waals surface area (Å²) in [6, 6.07) is 3.97. The summed E-state index contributed by atoms with van der Waals surface area (Å²) in [5, 5.41) is 2.79. The van der Waals surface area contributed by atoms with E-state index in [1.54, 1.807) is 6.92 Å². The third-order valence-corrected chi connectivity index (χ3v) is 3.97. The Bertz CT molecular complexity index is 571. The summed E-state index contributed by atoms with van der Waals surface area (Å²) in [6.45, 7) is 2.16. The van der Waals surface area contributed by atoms with E-state index in [2.05, 4.69) is 5.32 Å². The van der Waals surface area contributed by atoms with E-state index < -0.39 is 9.84 Å². The van der Waals surface area contributed by atoms with Gasteiger partial charge in [-0.2, -0.15) is 0 Å². The number of nitrogens with one attached hydrogen (secondary N) is 1. The summed E-state index contributed by atoms with van der Waals surface area (Å²) >= 11 is 5.81. The Kier molecular flexibility index (Phi) is 5.34. The average molecular weight is 306 g/mol. The van der Waals surface area contributed by atoms with Gasteiger partial charge in [0.25, 0.3) is 5.91 Å². The maximum atomic E-state index is 11.9. The lowest BCUT2D eigenvalue weighted by atomic mass is 10.2. The molecule has 1 aromatic carbocycles. The number of rotatable bonds is 5. The molecule has 0 aliphatic heterocycles. The molecule has 19 heavy (non-hydrogen) atoms. The Labute approximate surface area is 117 Å². The van der Waals surface area contributed by atoms with Gasteiger partial charge in [-0.15, -0.1) is 0 Å². The lowest BCUT2D eigenvalue weighted by Crippen LogP contribution is -2.35. The van der Waals surface area contributed by atoms with Crippen LogP contribution in [0.25, 0.3) is 0 Å². The zero-order valence-corrected chi connectivity index (χ0v) is 12.5. The predicted molar refractivity (Wildman–Crippen MR) is 73.4 cm³/mol. The molecule has 0 aliphatic carbocycles. The van der Waals surface area contributed by atoms with Crippen molar-refractivity contribution in [2.75, 3.05) is 20.0 Å². The highest BCUT2D eigenvalue weighted by molar-refractivity contribution is 7.90. The standard InChI is InChI=1S/C12H16ClNO4S/c1-8(7-18-2)14-12(15)9-4-5-10(13)11(6-9)19(3,16)17/h4-6,8H,7H2,1-3H3,(H,14,15)/t8-/m1/s1. The van der Waals surface area contributed by atoms with Crippen molar-refractivity contribution in [2.45, 2.75) is 17.9 Å². The molecule has 0 saturated heterocycles. The van der Waals surface area contributed by atoms with Crippen molar-refractivity contribution in [1.82, 2.24) is 5.32 Å². The van der Waals surface area contributed by atoms with Crippen molar-refractivity contribution in [3.8, 4) is 0 Å².